The summed E-state index contributed by atoms with van der Waals surface area (Å²) < 4.78 is 0. The van der Waals surface area contributed by atoms with E-state index in [9.17, 15) is 4.79 Å². The number of carbonyl (C=O) groups is 1. The van der Waals surface area contributed by atoms with Gasteiger partial charge in [-0.15, -0.1) is 0 Å². The smallest absolute Gasteiger partial charge is 0.310 e. The Balaban J connectivity index is 2.48. The molecule has 2 aromatic carbocycles. The highest BCUT2D eigenvalue weighted by Gasteiger charge is 2.15. The van der Waals surface area contributed by atoms with Crippen molar-refractivity contribution in [3.05, 3.63) is 59.1 Å². The normalized spacial score (nSPS) is 12.1. The van der Waals surface area contributed by atoms with E-state index in [4.69, 9.17) is 16.7 Å². The Morgan fingerprint density at radius 3 is 2.39 bits per heavy atom. The van der Waals surface area contributed by atoms with E-state index < -0.39 is 11.9 Å². The predicted octanol–water partition coefficient (Wildman–Crippen LogP) is 4.20. The Hall–Kier alpha value is -1.80. The molecule has 0 saturated carbocycles. The summed E-state index contributed by atoms with van der Waals surface area (Å²) in [6.45, 7) is 1.66. The lowest BCUT2D eigenvalue weighted by Crippen LogP contribution is -2.07. The van der Waals surface area contributed by atoms with E-state index in [0.717, 1.165) is 11.1 Å². The first-order chi connectivity index (χ1) is 8.58. The molecular weight excluding hydrogens is 248 g/mol. The van der Waals surface area contributed by atoms with Crippen LogP contribution in [0.3, 0.4) is 0 Å². The molecule has 2 rings (SSSR count). The van der Waals surface area contributed by atoms with Crippen LogP contribution in [0.15, 0.2) is 48.5 Å². The van der Waals surface area contributed by atoms with E-state index in [0.29, 0.717) is 10.6 Å². The molecule has 0 radical (unpaired) electrons. The number of hydrogen-bond acceptors (Lipinski definition) is 1. The van der Waals surface area contributed by atoms with E-state index in [2.05, 4.69) is 0 Å². The predicted molar refractivity (Wildman–Crippen MR) is 72.9 cm³/mol. The highest BCUT2D eigenvalue weighted by Crippen LogP contribution is 2.28. The van der Waals surface area contributed by atoms with Gasteiger partial charge in [0, 0.05) is 5.02 Å². The van der Waals surface area contributed by atoms with Gasteiger partial charge < -0.3 is 5.11 Å². The minimum absolute atomic E-state index is 0.555. The average molecular weight is 261 g/mol. The molecule has 0 aliphatic carbocycles. The molecule has 2 nitrogen and oxygen atoms in total. The van der Waals surface area contributed by atoms with Crippen molar-refractivity contribution in [2.45, 2.75) is 12.8 Å². The average Bonchev–Trinajstić information content (AvgIpc) is 2.38. The number of benzene rings is 2. The van der Waals surface area contributed by atoms with E-state index in [-0.39, 0.29) is 0 Å². The van der Waals surface area contributed by atoms with Gasteiger partial charge in [-0.1, -0.05) is 48.0 Å². The van der Waals surface area contributed by atoms with E-state index in [1.54, 1.807) is 13.0 Å². The summed E-state index contributed by atoms with van der Waals surface area (Å²) >= 11 is 6.06. The fourth-order valence-electron chi connectivity index (χ4n) is 1.80. The van der Waals surface area contributed by atoms with Crippen LogP contribution in [0.2, 0.25) is 5.02 Å². The van der Waals surface area contributed by atoms with Crippen molar-refractivity contribution in [3.8, 4) is 11.1 Å². The fourth-order valence-corrected chi connectivity index (χ4v) is 2.05. The first-order valence-corrected chi connectivity index (χ1v) is 6.04. The van der Waals surface area contributed by atoms with Gasteiger partial charge in [0.25, 0.3) is 0 Å². The maximum Gasteiger partial charge on any atom is 0.310 e. The van der Waals surface area contributed by atoms with Crippen molar-refractivity contribution in [3.63, 3.8) is 0 Å². The summed E-state index contributed by atoms with van der Waals surface area (Å²) in [6, 6.07) is 15.2. The standard InChI is InChI=1S/C15H13ClO2/c1-10(15(17)18)12-7-13(9-14(16)8-12)11-5-3-2-4-6-11/h2-10H,1H3,(H,17,18)/t10-/m0/s1. The first-order valence-electron chi connectivity index (χ1n) is 5.66. The van der Waals surface area contributed by atoms with Crippen LogP contribution in [0.1, 0.15) is 18.4 Å². The number of carboxylic acids is 1. The second-order valence-corrected chi connectivity index (χ2v) is 4.64. The lowest BCUT2D eigenvalue weighted by molar-refractivity contribution is -0.138. The first kappa shape index (κ1) is 12.7. The van der Waals surface area contributed by atoms with Crippen molar-refractivity contribution in [1.82, 2.24) is 0 Å². The zero-order valence-corrected chi connectivity index (χ0v) is 10.7. The van der Waals surface area contributed by atoms with E-state index in [1.807, 2.05) is 42.5 Å². The molecule has 0 unspecified atom stereocenters. The van der Waals surface area contributed by atoms with Gasteiger partial charge in [-0.2, -0.15) is 0 Å². The van der Waals surface area contributed by atoms with Gasteiger partial charge in [0.1, 0.15) is 0 Å². The summed E-state index contributed by atoms with van der Waals surface area (Å²) in [4.78, 5) is 11.0. The Morgan fingerprint density at radius 1 is 1.11 bits per heavy atom. The number of carboxylic acid groups (broad SMARTS) is 1. The molecule has 0 spiro atoms. The summed E-state index contributed by atoms with van der Waals surface area (Å²) in [5.74, 6) is -1.41. The molecular formula is C15H13ClO2. The number of halogens is 1. The van der Waals surface area contributed by atoms with Crippen molar-refractivity contribution in [2.24, 2.45) is 0 Å². The van der Waals surface area contributed by atoms with Gasteiger partial charge in [-0.3, -0.25) is 4.79 Å². The van der Waals surface area contributed by atoms with E-state index >= 15 is 0 Å². The van der Waals surface area contributed by atoms with Crippen molar-refractivity contribution >= 4 is 17.6 Å². The third kappa shape index (κ3) is 2.71. The largest absolute Gasteiger partial charge is 0.481 e. The number of rotatable bonds is 3. The van der Waals surface area contributed by atoms with Crippen LogP contribution < -0.4 is 0 Å². The molecule has 0 heterocycles. The molecule has 0 bridgehead atoms. The quantitative estimate of drug-likeness (QED) is 0.898. The van der Waals surface area contributed by atoms with Gasteiger partial charge in [-0.25, -0.2) is 0 Å². The Morgan fingerprint density at radius 2 is 1.78 bits per heavy atom. The molecule has 0 fully saturated rings. The van der Waals surface area contributed by atoms with Crippen molar-refractivity contribution in [1.29, 1.82) is 0 Å². The third-order valence-electron chi connectivity index (χ3n) is 2.90. The second kappa shape index (κ2) is 5.23. The van der Waals surface area contributed by atoms with E-state index in [1.165, 1.54) is 0 Å². The molecule has 1 N–H and O–H groups in total. The Bertz CT molecular complexity index is 564. The zero-order chi connectivity index (χ0) is 13.1. The van der Waals surface area contributed by atoms with Crippen LogP contribution >= 0.6 is 11.6 Å². The van der Waals surface area contributed by atoms with Gasteiger partial charge in [-0.05, 0) is 35.7 Å². The van der Waals surface area contributed by atoms with Crippen LogP contribution in [0, 0.1) is 0 Å². The highest BCUT2D eigenvalue weighted by molar-refractivity contribution is 6.31. The minimum atomic E-state index is -0.851. The molecule has 0 amide bonds. The van der Waals surface area contributed by atoms with Crippen LogP contribution in [0.25, 0.3) is 11.1 Å². The topological polar surface area (TPSA) is 37.3 Å². The molecule has 18 heavy (non-hydrogen) atoms. The maximum atomic E-state index is 11.0. The summed E-state index contributed by atoms with van der Waals surface area (Å²) in [5, 5.41) is 9.60. The van der Waals surface area contributed by atoms with Gasteiger partial charge in [0.15, 0.2) is 0 Å². The van der Waals surface area contributed by atoms with Crippen LogP contribution in [-0.2, 0) is 4.79 Å². The van der Waals surface area contributed by atoms with Crippen molar-refractivity contribution < 1.29 is 9.90 Å². The molecule has 0 aromatic heterocycles. The monoisotopic (exact) mass is 260 g/mol. The lowest BCUT2D eigenvalue weighted by Gasteiger charge is -2.10. The maximum absolute atomic E-state index is 11.0. The SMILES string of the molecule is C[C@H](C(=O)O)c1cc(Cl)cc(-c2ccccc2)c1. The fraction of sp³-hybridized carbons (Fsp3) is 0.133. The van der Waals surface area contributed by atoms with Gasteiger partial charge in [0.2, 0.25) is 0 Å². The second-order valence-electron chi connectivity index (χ2n) is 4.20. The summed E-state index contributed by atoms with van der Waals surface area (Å²) in [6.07, 6.45) is 0. The molecule has 1 atom stereocenters. The van der Waals surface area contributed by atoms with Crippen LogP contribution in [0.5, 0.6) is 0 Å². The minimum Gasteiger partial charge on any atom is -0.481 e. The highest BCUT2D eigenvalue weighted by atomic mass is 35.5. The van der Waals surface area contributed by atoms with Crippen molar-refractivity contribution in [2.75, 3.05) is 0 Å². The summed E-state index contributed by atoms with van der Waals surface area (Å²) in [5.41, 5.74) is 2.68. The Kier molecular flexibility index (Phi) is 3.68. The zero-order valence-electron chi connectivity index (χ0n) is 9.93. The Labute approximate surface area is 111 Å². The number of hydrogen-bond donors (Lipinski definition) is 1. The van der Waals surface area contributed by atoms with Gasteiger partial charge >= 0.3 is 5.97 Å². The third-order valence-corrected chi connectivity index (χ3v) is 3.12. The van der Waals surface area contributed by atoms with Crippen LogP contribution in [0.4, 0.5) is 0 Å². The summed E-state index contributed by atoms with van der Waals surface area (Å²) in [7, 11) is 0. The molecule has 0 aliphatic heterocycles. The van der Waals surface area contributed by atoms with Crippen LogP contribution in [-0.4, -0.2) is 11.1 Å². The molecule has 0 saturated heterocycles. The molecule has 3 heteroatoms. The molecule has 2 aromatic rings. The lowest BCUT2D eigenvalue weighted by atomic mass is 9.96. The number of aliphatic carboxylic acids is 1. The molecule has 0 aliphatic rings. The van der Waals surface area contributed by atoms with Gasteiger partial charge in [0.05, 0.1) is 5.92 Å². The molecule has 92 valence electrons.